The Morgan fingerprint density at radius 3 is 2.57 bits per heavy atom. The fourth-order valence-electron chi connectivity index (χ4n) is 2.47. The van der Waals surface area contributed by atoms with Crippen LogP contribution in [0.15, 0.2) is 39.6 Å². The number of oxime groups is 2. The van der Waals surface area contributed by atoms with Crippen LogP contribution in [0.4, 0.5) is 0 Å². The molecule has 1 aromatic rings. The van der Waals surface area contributed by atoms with E-state index in [1.165, 1.54) is 27.4 Å². The first-order chi connectivity index (χ1) is 13.7. The maximum absolute atomic E-state index is 12.2. The molecule has 158 valence electrons. The van der Waals surface area contributed by atoms with Crippen molar-refractivity contribution >= 4 is 34.0 Å². The van der Waals surface area contributed by atoms with Crippen LogP contribution in [0.25, 0.3) is 0 Å². The molecule has 1 N–H and O–H groups in total. The number of ether oxygens (including phenoxy) is 1. The van der Waals surface area contributed by atoms with Crippen LogP contribution in [-0.4, -0.2) is 73.9 Å². The summed E-state index contributed by atoms with van der Waals surface area (Å²) in [5.41, 5.74) is 0.338. The molecular weight excluding hydrogens is 431 g/mol. The summed E-state index contributed by atoms with van der Waals surface area (Å²) in [6, 6.07) is 4.73. The average molecular weight is 450 g/mol. The molecule has 1 fully saturated rings. The second-order valence-corrected chi connectivity index (χ2v) is 6.99. The van der Waals surface area contributed by atoms with Gasteiger partial charge in [0.15, 0.2) is 12.6 Å². The quantitative estimate of drug-likeness (QED) is 0.100. The largest absolute Gasteiger partial charge is 1.00 e. The Morgan fingerprint density at radius 2 is 2.00 bits per heavy atom. The van der Waals surface area contributed by atoms with Gasteiger partial charge in [0.05, 0.1) is 19.4 Å². The number of β-lactam (4-membered cyclic amide) rings is 1. The average Bonchev–Trinajstić information content (AvgIpc) is 2.67. The minimum Gasteiger partial charge on any atom is -0.857 e. The molecule has 1 heterocycles. The van der Waals surface area contributed by atoms with Gasteiger partial charge >= 0.3 is 39.9 Å². The fourth-order valence-corrected chi connectivity index (χ4v) is 3.35. The molecule has 0 unspecified atom stereocenters. The predicted octanol–water partition coefficient (Wildman–Crippen LogP) is -3.79. The standard InChI is InChI=1S/C16H20N4O8S.Na/c1-10-14(16(22)20(10)29(23,24)25)18-15(21)12(19-27-3)9-28-17-8-11-6-4-5-7-13(11)26-2;/h4-8,10,14H,9H2,1-3H3,(H,18,21)(H,23,24,25);/q;+1/p-1/b17-8-,19-12-;/t10-,14-;/m0./s1. The summed E-state index contributed by atoms with van der Waals surface area (Å²) in [6.07, 6.45) is 1.37. The van der Waals surface area contributed by atoms with E-state index in [4.69, 9.17) is 14.1 Å². The minimum atomic E-state index is -4.71. The van der Waals surface area contributed by atoms with Gasteiger partial charge in [-0.05, 0) is 19.1 Å². The summed E-state index contributed by atoms with van der Waals surface area (Å²) in [5.74, 6) is -1.41. The van der Waals surface area contributed by atoms with Crippen molar-refractivity contribution in [2.75, 3.05) is 20.8 Å². The van der Waals surface area contributed by atoms with Gasteiger partial charge in [0.1, 0.15) is 18.6 Å². The molecule has 30 heavy (non-hydrogen) atoms. The zero-order chi connectivity index (χ0) is 21.6. The number of carbonyl (C=O) groups excluding carboxylic acids is 1. The number of hydrogen-bond acceptors (Lipinski definition) is 10. The Kier molecular flexibility index (Phi) is 9.71. The number of benzene rings is 1. The third-order valence-corrected chi connectivity index (χ3v) is 4.87. The van der Waals surface area contributed by atoms with Gasteiger partial charge < -0.3 is 19.5 Å². The molecule has 1 amide bonds. The number of amides is 1. The number of rotatable bonds is 9. The second-order valence-electron chi connectivity index (χ2n) is 5.70. The zero-order valence-corrected chi connectivity index (χ0v) is 19.6. The van der Waals surface area contributed by atoms with E-state index in [9.17, 15) is 18.3 Å². The Morgan fingerprint density at radius 1 is 1.33 bits per heavy atom. The van der Waals surface area contributed by atoms with Crippen LogP contribution in [-0.2, 0) is 24.8 Å². The van der Waals surface area contributed by atoms with Gasteiger partial charge in [-0.25, -0.2) is 4.31 Å². The molecule has 2 rings (SSSR count). The monoisotopic (exact) mass is 450 g/mol. The van der Waals surface area contributed by atoms with Crippen molar-refractivity contribution in [1.82, 2.24) is 4.31 Å². The molecule has 1 saturated heterocycles. The van der Waals surface area contributed by atoms with E-state index in [0.29, 0.717) is 11.3 Å². The van der Waals surface area contributed by atoms with Crippen LogP contribution >= 0.6 is 0 Å². The predicted molar refractivity (Wildman–Crippen MR) is 100 cm³/mol. The Hall–Kier alpha value is -2.19. The van der Waals surface area contributed by atoms with Crippen molar-refractivity contribution in [2.45, 2.75) is 19.0 Å². The summed E-state index contributed by atoms with van der Waals surface area (Å²) < 4.78 is 36.5. The van der Waals surface area contributed by atoms with Gasteiger partial charge in [0.2, 0.25) is 0 Å². The Balaban J connectivity index is 0.00000450. The summed E-state index contributed by atoms with van der Waals surface area (Å²) in [4.78, 5) is 25.0. The molecule has 1 aliphatic rings. The number of carbonyl (C=O) groups is 1. The van der Waals surface area contributed by atoms with Gasteiger partial charge in [0.25, 0.3) is 5.91 Å². The molecule has 1 aromatic carbocycles. The summed E-state index contributed by atoms with van der Waals surface area (Å²) in [7, 11) is -2.01. The van der Waals surface area contributed by atoms with Crippen LogP contribution in [0.1, 0.15) is 12.5 Å². The van der Waals surface area contributed by atoms with Crippen LogP contribution in [0.3, 0.4) is 0 Å². The molecule has 2 atom stereocenters. The molecule has 0 bridgehead atoms. The zero-order valence-electron chi connectivity index (χ0n) is 16.8. The van der Waals surface area contributed by atoms with Gasteiger partial charge in [-0.1, -0.05) is 22.4 Å². The summed E-state index contributed by atoms with van der Waals surface area (Å²) in [5, 5.41) is 19.4. The number of nitrogens with zero attached hydrogens (tertiary/aromatic N) is 4. The number of para-hydroxylation sites is 1. The van der Waals surface area contributed by atoms with E-state index >= 15 is 0 Å². The second kappa shape index (κ2) is 11.3. The maximum atomic E-state index is 12.2. The van der Waals surface area contributed by atoms with E-state index in [1.54, 1.807) is 24.3 Å². The van der Waals surface area contributed by atoms with Gasteiger partial charge in [0, 0.05) is 11.5 Å². The third kappa shape index (κ3) is 6.15. The van der Waals surface area contributed by atoms with Gasteiger partial charge in [-0.2, -0.15) is 8.42 Å². The van der Waals surface area contributed by atoms with E-state index in [0.717, 1.165) is 0 Å². The first kappa shape index (κ1) is 25.8. The van der Waals surface area contributed by atoms with E-state index in [1.807, 2.05) is 0 Å². The first-order valence-electron chi connectivity index (χ1n) is 8.15. The molecule has 12 nitrogen and oxygen atoms in total. The van der Waals surface area contributed by atoms with Crippen LogP contribution in [0, 0.1) is 0 Å². The molecule has 0 aliphatic carbocycles. The molecule has 0 radical (unpaired) electrons. The van der Waals surface area contributed by atoms with E-state index in [2.05, 4.69) is 20.1 Å². The summed E-state index contributed by atoms with van der Waals surface area (Å²) >= 11 is 0. The van der Waals surface area contributed by atoms with Crippen LogP contribution in [0.2, 0.25) is 0 Å². The topological polar surface area (TPSA) is 163 Å². The maximum Gasteiger partial charge on any atom is 1.00 e. The number of methoxy groups -OCH3 is 1. The van der Waals surface area contributed by atoms with Crippen molar-refractivity contribution in [2.24, 2.45) is 15.3 Å². The molecule has 0 spiro atoms. The molecule has 14 heteroatoms. The molecular formula is C16H19N4NaO8S. The van der Waals surface area contributed by atoms with Crippen LogP contribution in [0.5, 0.6) is 5.75 Å². The first-order valence-corrected chi connectivity index (χ1v) is 9.54. The molecule has 1 aliphatic heterocycles. The Labute approximate surface area is 195 Å². The number of aliphatic imine (C=N–C) groups is 1. The van der Waals surface area contributed by atoms with E-state index < -0.39 is 40.8 Å². The van der Waals surface area contributed by atoms with Crippen LogP contribution < -0.4 is 39.4 Å². The molecule has 0 aromatic heterocycles. The van der Waals surface area contributed by atoms with Crippen molar-refractivity contribution in [1.29, 1.82) is 0 Å². The van der Waals surface area contributed by atoms with Crippen molar-refractivity contribution in [3.8, 4) is 5.75 Å². The SMILES string of the molecule is CO/N=C(/CO/N=C\c1ccccc1OC)C([O-])=N[C@@H]1C(=O)N(S(=O)(=O)O)[C@H]1C.[Na+]. The minimum absolute atomic E-state index is 0. The normalized spacial score (nSPS) is 19.9. The van der Waals surface area contributed by atoms with Crippen molar-refractivity contribution in [3.05, 3.63) is 29.8 Å². The van der Waals surface area contributed by atoms with Gasteiger partial charge in [-0.3, -0.25) is 14.3 Å². The number of hydrogen-bond donors (Lipinski definition) is 1. The van der Waals surface area contributed by atoms with E-state index in [-0.39, 0.29) is 39.6 Å². The summed E-state index contributed by atoms with van der Waals surface area (Å²) in [6.45, 7) is 0.900. The fraction of sp³-hybridized carbons (Fsp3) is 0.375. The van der Waals surface area contributed by atoms with Crippen molar-refractivity contribution in [3.63, 3.8) is 0 Å². The smallest absolute Gasteiger partial charge is 0.857 e. The van der Waals surface area contributed by atoms with Gasteiger partial charge in [-0.15, -0.1) is 0 Å². The third-order valence-electron chi connectivity index (χ3n) is 3.86. The molecule has 0 saturated carbocycles. The van der Waals surface area contributed by atoms with Crippen molar-refractivity contribution < 1.29 is 66.8 Å². The Bertz CT molecular complexity index is 950.